The minimum Gasteiger partial charge on any atom is -0.494 e. The van der Waals surface area contributed by atoms with Gasteiger partial charge in [0, 0.05) is 0 Å². The van der Waals surface area contributed by atoms with E-state index in [0.29, 0.717) is 18.0 Å². The summed E-state index contributed by atoms with van der Waals surface area (Å²) in [5.41, 5.74) is 2.54. The van der Waals surface area contributed by atoms with Gasteiger partial charge < -0.3 is 14.8 Å². The Morgan fingerprint density at radius 3 is 2.29 bits per heavy atom. The van der Waals surface area contributed by atoms with Gasteiger partial charge in [-0.05, 0) is 74.4 Å². The van der Waals surface area contributed by atoms with E-state index in [-0.39, 0.29) is 24.6 Å². The van der Waals surface area contributed by atoms with Crippen LogP contribution < -0.4 is 19.1 Å². The first-order chi connectivity index (χ1) is 16.3. The second-order valence-corrected chi connectivity index (χ2v) is 9.51. The zero-order valence-corrected chi connectivity index (χ0v) is 20.5. The second kappa shape index (κ2) is 11.6. The lowest BCUT2D eigenvalue weighted by molar-refractivity contribution is -0.119. The first-order valence-electron chi connectivity index (χ1n) is 11.1. The Bertz CT molecular complexity index is 1200. The van der Waals surface area contributed by atoms with Crippen LogP contribution >= 0.6 is 0 Å². The number of carbonyl (C=O) groups is 1. The average molecular weight is 483 g/mol. The number of carbonyl (C=O) groups excluding carboxylic acids is 1. The van der Waals surface area contributed by atoms with E-state index in [0.717, 1.165) is 21.2 Å². The number of rotatable bonds is 11. The maximum absolute atomic E-state index is 13.4. The first-order valence-corrected chi connectivity index (χ1v) is 12.5. The molecule has 0 saturated heterocycles. The van der Waals surface area contributed by atoms with Crippen molar-refractivity contribution in [2.45, 2.75) is 25.7 Å². The fourth-order valence-corrected chi connectivity index (χ4v) is 4.77. The zero-order chi connectivity index (χ0) is 24.6. The largest absolute Gasteiger partial charge is 0.494 e. The Labute approximate surface area is 201 Å². The molecule has 0 aliphatic heterocycles. The molecule has 0 radical (unpaired) electrons. The van der Waals surface area contributed by atoms with Gasteiger partial charge in [0.25, 0.3) is 10.0 Å². The third-order valence-electron chi connectivity index (χ3n) is 5.29. The summed E-state index contributed by atoms with van der Waals surface area (Å²) in [5, 5.41) is 2.75. The van der Waals surface area contributed by atoms with Gasteiger partial charge in [0.1, 0.15) is 24.7 Å². The topological polar surface area (TPSA) is 84.9 Å². The molecule has 1 amide bonds. The van der Waals surface area contributed by atoms with Crippen molar-refractivity contribution in [1.82, 2.24) is 5.32 Å². The summed E-state index contributed by atoms with van der Waals surface area (Å²) in [6, 6.07) is 20.5. The van der Waals surface area contributed by atoms with Crippen molar-refractivity contribution in [3.05, 3.63) is 83.9 Å². The molecule has 3 rings (SSSR count). The summed E-state index contributed by atoms with van der Waals surface area (Å²) in [7, 11) is -3.96. The number of hydrogen-bond donors (Lipinski definition) is 1. The fraction of sp³-hybridized carbons (Fsp3) is 0.269. The van der Waals surface area contributed by atoms with Crippen LogP contribution in [0.15, 0.2) is 77.7 Å². The lowest BCUT2D eigenvalue weighted by Crippen LogP contribution is -2.41. The molecule has 8 heteroatoms. The minimum atomic E-state index is -3.96. The van der Waals surface area contributed by atoms with Crippen molar-refractivity contribution < 1.29 is 22.7 Å². The first kappa shape index (κ1) is 25.1. The fourth-order valence-electron chi connectivity index (χ4n) is 3.33. The number of aryl methyl sites for hydroxylation is 1. The summed E-state index contributed by atoms with van der Waals surface area (Å²) >= 11 is 0. The molecule has 180 valence electrons. The van der Waals surface area contributed by atoms with Crippen LogP contribution in [-0.2, 0) is 14.8 Å². The molecule has 1 N–H and O–H groups in total. The van der Waals surface area contributed by atoms with Crippen LogP contribution in [0.3, 0.4) is 0 Å². The molecule has 3 aromatic carbocycles. The van der Waals surface area contributed by atoms with Gasteiger partial charge in [-0.3, -0.25) is 9.10 Å². The predicted molar refractivity (Wildman–Crippen MR) is 133 cm³/mol. The van der Waals surface area contributed by atoms with E-state index in [1.165, 1.54) is 12.1 Å². The lowest BCUT2D eigenvalue weighted by Gasteiger charge is -2.24. The van der Waals surface area contributed by atoms with Gasteiger partial charge in [0.15, 0.2) is 0 Å². The highest BCUT2D eigenvalue weighted by atomic mass is 32.2. The van der Waals surface area contributed by atoms with Crippen LogP contribution in [0.2, 0.25) is 0 Å². The van der Waals surface area contributed by atoms with E-state index < -0.39 is 15.9 Å². The zero-order valence-electron chi connectivity index (χ0n) is 19.7. The van der Waals surface area contributed by atoms with Crippen molar-refractivity contribution in [2.24, 2.45) is 0 Å². The second-order valence-electron chi connectivity index (χ2n) is 7.65. The Morgan fingerprint density at radius 1 is 0.912 bits per heavy atom. The van der Waals surface area contributed by atoms with E-state index in [2.05, 4.69) is 5.32 Å². The van der Waals surface area contributed by atoms with E-state index in [1.54, 1.807) is 42.5 Å². The summed E-state index contributed by atoms with van der Waals surface area (Å²) in [6.07, 6.45) is 0. The molecule has 0 aliphatic rings. The summed E-state index contributed by atoms with van der Waals surface area (Å²) < 4.78 is 39.0. The van der Waals surface area contributed by atoms with Gasteiger partial charge >= 0.3 is 0 Å². The van der Waals surface area contributed by atoms with Gasteiger partial charge in [-0.25, -0.2) is 8.42 Å². The van der Waals surface area contributed by atoms with E-state index in [1.807, 2.05) is 39.0 Å². The highest BCUT2D eigenvalue weighted by molar-refractivity contribution is 7.92. The Balaban J connectivity index is 1.70. The van der Waals surface area contributed by atoms with Crippen molar-refractivity contribution in [3.8, 4) is 11.5 Å². The standard InChI is InChI=1S/C26H30N2O5S/c1-4-32-23-15-13-22(14-16-23)28(34(30,31)24-10-6-5-7-11-24)19-26(29)27-17-18-33-25-12-8-9-20(2)21(25)3/h5-16H,4,17-19H2,1-3H3,(H,27,29). The van der Waals surface area contributed by atoms with Crippen molar-refractivity contribution in [1.29, 1.82) is 0 Å². The van der Waals surface area contributed by atoms with Gasteiger partial charge in [0.05, 0.1) is 23.7 Å². The van der Waals surface area contributed by atoms with Crippen LogP contribution in [0.1, 0.15) is 18.1 Å². The number of hydrogen-bond acceptors (Lipinski definition) is 5. The highest BCUT2D eigenvalue weighted by Crippen LogP contribution is 2.26. The Hall–Kier alpha value is -3.52. The smallest absolute Gasteiger partial charge is 0.264 e. The highest BCUT2D eigenvalue weighted by Gasteiger charge is 2.27. The maximum atomic E-state index is 13.4. The molecule has 0 aliphatic carbocycles. The third kappa shape index (κ3) is 6.29. The molecule has 0 heterocycles. The van der Waals surface area contributed by atoms with Crippen molar-refractivity contribution >= 4 is 21.6 Å². The van der Waals surface area contributed by atoms with Crippen LogP contribution in [0.4, 0.5) is 5.69 Å². The summed E-state index contributed by atoms with van der Waals surface area (Å²) in [5.74, 6) is 0.950. The van der Waals surface area contributed by atoms with Gasteiger partial charge in [-0.15, -0.1) is 0 Å². The molecule has 3 aromatic rings. The maximum Gasteiger partial charge on any atom is 0.264 e. The lowest BCUT2D eigenvalue weighted by atomic mass is 10.1. The Morgan fingerprint density at radius 2 is 1.62 bits per heavy atom. The number of ether oxygens (including phenoxy) is 2. The molecule has 34 heavy (non-hydrogen) atoms. The molecular weight excluding hydrogens is 452 g/mol. The Kier molecular flexibility index (Phi) is 8.54. The van der Waals surface area contributed by atoms with E-state index in [4.69, 9.17) is 9.47 Å². The van der Waals surface area contributed by atoms with Gasteiger partial charge in [-0.2, -0.15) is 0 Å². The normalized spacial score (nSPS) is 11.0. The number of sulfonamides is 1. The summed E-state index contributed by atoms with van der Waals surface area (Å²) in [6.45, 7) is 6.50. The molecule has 0 unspecified atom stereocenters. The number of anilines is 1. The van der Waals surface area contributed by atoms with Crippen LogP contribution in [0.5, 0.6) is 11.5 Å². The van der Waals surface area contributed by atoms with Gasteiger partial charge in [-0.1, -0.05) is 30.3 Å². The third-order valence-corrected chi connectivity index (χ3v) is 7.08. The van der Waals surface area contributed by atoms with Crippen molar-refractivity contribution in [3.63, 3.8) is 0 Å². The van der Waals surface area contributed by atoms with Crippen molar-refractivity contribution in [2.75, 3.05) is 30.6 Å². The number of amides is 1. The SMILES string of the molecule is CCOc1ccc(N(CC(=O)NCCOc2cccc(C)c2C)S(=O)(=O)c2ccccc2)cc1. The predicted octanol–water partition coefficient (Wildman–Crippen LogP) is 4.09. The van der Waals surface area contributed by atoms with Crippen LogP contribution in [0.25, 0.3) is 0 Å². The number of benzene rings is 3. The monoisotopic (exact) mass is 482 g/mol. The molecule has 0 saturated carbocycles. The molecular formula is C26H30N2O5S. The molecule has 0 bridgehead atoms. The molecule has 0 spiro atoms. The number of nitrogens with zero attached hydrogens (tertiary/aromatic N) is 1. The molecule has 0 aromatic heterocycles. The quantitative estimate of drug-likeness (QED) is 0.416. The van der Waals surface area contributed by atoms with Crippen LogP contribution in [-0.4, -0.2) is 40.6 Å². The summed E-state index contributed by atoms with van der Waals surface area (Å²) in [4.78, 5) is 12.8. The molecule has 7 nitrogen and oxygen atoms in total. The van der Waals surface area contributed by atoms with E-state index >= 15 is 0 Å². The van der Waals surface area contributed by atoms with E-state index in [9.17, 15) is 13.2 Å². The molecule has 0 atom stereocenters. The van der Waals surface area contributed by atoms with Gasteiger partial charge in [0.2, 0.25) is 5.91 Å². The molecule has 0 fully saturated rings. The number of nitrogens with one attached hydrogen (secondary N) is 1. The minimum absolute atomic E-state index is 0.106. The van der Waals surface area contributed by atoms with Crippen LogP contribution in [0, 0.1) is 13.8 Å². The average Bonchev–Trinajstić information content (AvgIpc) is 2.84.